The molecule has 0 aliphatic heterocycles. The molecule has 0 aromatic carbocycles. The molecule has 2 amide bonds. The number of unbranched alkanes of at least 4 members (excludes halogenated alkanes) is 5. The Labute approximate surface area is 143 Å². The number of hydrogen-bond acceptors (Lipinski definition) is 4. The van der Waals surface area contributed by atoms with Crippen LogP contribution in [-0.4, -0.2) is 34.5 Å². The summed E-state index contributed by atoms with van der Waals surface area (Å²) in [4.78, 5) is 26.3. The predicted molar refractivity (Wildman–Crippen MR) is 92.6 cm³/mol. The van der Waals surface area contributed by atoms with E-state index in [1.165, 1.54) is 25.7 Å². The van der Waals surface area contributed by atoms with E-state index in [0.717, 1.165) is 25.7 Å². The average molecular weight is 335 g/mol. The van der Waals surface area contributed by atoms with E-state index < -0.39 is 0 Å². The minimum Gasteiger partial charge on any atom is -0.360 e. The fourth-order valence-corrected chi connectivity index (χ4v) is 2.77. The van der Waals surface area contributed by atoms with Gasteiger partial charge in [0.1, 0.15) is 12.3 Å². The quantitative estimate of drug-likeness (QED) is 0.626. The van der Waals surface area contributed by atoms with Crippen LogP contribution >= 0.6 is 0 Å². The van der Waals surface area contributed by atoms with Gasteiger partial charge in [-0.2, -0.15) is 0 Å². The van der Waals surface area contributed by atoms with Crippen molar-refractivity contribution in [1.29, 1.82) is 0 Å². The monoisotopic (exact) mass is 335 g/mol. The highest BCUT2D eigenvalue weighted by molar-refractivity contribution is 5.94. The molecule has 1 fully saturated rings. The maximum atomic E-state index is 12.4. The van der Waals surface area contributed by atoms with Gasteiger partial charge in [0.15, 0.2) is 5.82 Å². The lowest BCUT2D eigenvalue weighted by molar-refractivity contribution is -0.135. The van der Waals surface area contributed by atoms with E-state index in [-0.39, 0.29) is 24.4 Å². The Balaban J connectivity index is 1.72. The lowest BCUT2D eigenvalue weighted by Crippen LogP contribution is -2.39. The molecule has 0 spiro atoms. The molecule has 6 nitrogen and oxygen atoms in total. The number of nitrogens with zero attached hydrogens (tertiary/aromatic N) is 2. The van der Waals surface area contributed by atoms with E-state index in [2.05, 4.69) is 17.4 Å². The second-order valence-electron chi connectivity index (χ2n) is 6.64. The zero-order chi connectivity index (χ0) is 17.4. The van der Waals surface area contributed by atoms with Gasteiger partial charge in [0.05, 0.1) is 0 Å². The highest BCUT2D eigenvalue weighted by Crippen LogP contribution is 2.27. The fraction of sp³-hybridized carbons (Fsp3) is 0.722. The van der Waals surface area contributed by atoms with Crippen molar-refractivity contribution in [3.63, 3.8) is 0 Å². The summed E-state index contributed by atoms with van der Waals surface area (Å²) in [5, 5.41) is 6.43. The normalized spacial score (nSPS) is 13.8. The summed E-state index contributed by atoms with van der Waals surface area (Å²) in [6.07, 6.45) is 9.48. The number of aromatic nitrogens is 1. The van der Waals surface area contributed by atoms with E-state index in [4.69, 9.17) is 4.52 Å². The molecule has 1 N–H and O–H groups in total. The Bertz CT molecular complexity index is 537. The van der Waals surface area contributed by atoms with Gasteiger partial charge in [-0.05, 0) is 26.2 Å². The van der Waals surface area contributed by atoms with Crippen LogP contribution in [-0.2, 0) is 9.59 Å². The summed E-state index contributed by atoms with van der Waals surface area (Å²) in [5.41, 5.74) is 0. The van der Waals surface area contributed by atoms with Gasteiger partial charge >= 0.3 is 0 Å². The molecule has 0 unspecified atom stereocenters. The maximum Gasteiger partial charge on any atom is 0.245 e. The van der Waals surface area contributed by atoms with E-state index in [0.29, 0.717) is 18.0 Å². The Hall–Kier alpha value is -1.85. The fourth-order valence-electron chi connectivity index (χ4n) is 2.77. The van der Waals surface area contributed by atoms with Gasteiger partial charge in [0.2, 0.25) is 11.8 Å². The van der Waals surface area contributed by atoms with Gasteiger partial charge in [-0.1, -0.05) is 44.2 Å². The maximum absolute atomic E-state index is 12.4. The number of anilines is 1. The van der Waals surface area contributed by atoms with Gasteiger partial charge in [0, 0.05) is 18.5 Å². The molecule has 134 valence electrons. The number of carbonyl (C=O) groups is 2. The molecule has 2 rings (SSSR count). The van der Waals surface area contributed by atoms with Crippen molar-refractivity contribution in [1.82, 2.24) is 10.1 Å². The molecule has 1 aromatic heterocycles. The minimum absolute atomic E-state index is 0.0967. The number of carbonyl (C=O) groups excluding carboxylic acids is 2. The van der Waals surface area contributed by atoms with E-state index >= 15 is 0 Å². The Morgan fingerprint density at radius 3 is 2.58 bits per heavy atom. The van der Waals surface area contributed by atoms with E-state index in [1.54, 1.807) is 17.9 Å². The molecule has 6 heteroatoms. The molecule has 1 heterocycles. The topological polar surface area (TPSA) is 75.4 Å². The Kier molecular flexibility index (Phi) is 7.28. The standard InChI is InChI=1S/C18H29N3O3/c1-3-4-5-6-7-8-9-18(23)21(15-10-11-15)13-17(22)19-16-12-14(2)24-20-16/h12,15H,3-11,13H2,1-2H3,(H,19,20,22). The number of rotatable bonds is 11. The molecule has 1 saturated carbocycles. The van der Waals surface area contributed by atoms with Gasteiger partial charge in [-0.3, -0.25) is 9.59 Å². The molecule has 1 aliphatic carbocycles. The highest BCUT2D eigenvalue weighted by Gasteiger charge is 2.33. The van der Waals surface area contributed by atoms with Crippen LogP contribution in [0.4, 0.5) is 5.82 Å². The molecular formula is C18H29N3O3. The van der Waals surface area contributed by atoms with Crippen molar-refractivity contribution in [3.8, 4) is 0 Å². The largest absolute Gasteiger partial charge is 0.360 e. The van der Waals surface area contributed by atoms with Crippen molar-refractivity contribution >= 4 is 17.6 Å². The lowest BCUT2D eigenvalue weighted by Gasteiger charge is -2.21. The van der Waals surface area contributed by atoms with Gasteiger partial charge in [0.25, 0.3) is 0 Å². The van der Waals surface area contributed by atoms with Crippen LogP contribution in [0.3, 0.4) is 0 Å². The van der Waals surface area contributed by atoms with Crippen LogP contribution in [0.1, 0.15) is 70.5 Å². The summed E-state index contributed by atoms with van der Waals surface area (Å²) in [6.45, 7) is 4.07. The summed E-state index contributed by atoms with van der Waals surface area (Å²) >= 11 is 0. The smallest absolute Gasteiger partial charge is 0.245 e. The van der Waals surface area contributed by atoms with Crippen molar-refractivity contribution in [2.75, 3.05) is 11.9 Å². The first kappa shape index (κ1) is 18.5. The van der Waals surface area contributed by atoms with Crippen LogP contribution < -0.4 is 5.32 Å². The Morgan fingerprint density at radius 2 is 1.96 bits per heavy atom. The number of nitrogens with one attached hydrogen (secondary N) is 1. The number of amides is 2. The third-order valence-corrected chi connectivity index (χ3v) is 4.26. The molecule has 1 aromatic rings. The van der Waals surface area contributed by atoms with Crippen LogP contribution in [0.25, 0.3) is 0 Å². The minimum atomic E-state index is -0.216. The SMILES string of the molecule is CCCCCCCCC(=O)N(CC(=O)Nc1cc(C)on1)C1CC1. The third kappa shape index (κ3) is 6.34. The predicted octanol–water partition coefficient (Wildman–Crippen LogP) is 3.66. The summed E-state index contributed by atoms with van der Waals surface area (Å²) in [7, 11) is 0. The van der Waals surface area contributed by atoms with Gasteiger partial charge < -0.3 is 14.7 Å². The molecule has 24 heavy (non-hydrogen) atoms. The molecular weight excluding hydrogens is 306 g/mol. The second kappa shape index (κ2) is 9.45. The first-order valence-electron chi connectivity index (χ1n) is 9.12. The molecule has 0 atom stereocenters. The summed E-state index contributed by atoms with van der Waals surface area (Å²) < 4.78 is 4.93. The van der Waals surface area contributed by atoms with Crippen molar-refractivity contribution in [3.05, 3.63) is 11.8 Å². The van der Waals surface area contributed by atoms with Crippen LogP contribution in [0, 0.1) is 6.92 Å². The second-order valence-corrected chi connectivity index (χ2v) is 6.64. The first-order chi connectivity index (χ1) is 11.6. The van der Waals surface area contributed by atoms with Crippen molar-refractivity contribution in [2.24, 2.45) is 0 Å². The van der Waals surface area contributed by atoms with Gasteiger partial charge in [-0.25, -0.2) is 0 Å². The number of hydrogen-bond donors (Lipinski definition) is 1. The lowest BCUT2D eigenvalue weighted by atomic mass is 10.1. The van der Waals surface area contributed by atoms with E-state index in [1.807, 2.05) is 0 Å². The summed E-state index contributed by atoms with van der Waals surface area (Å²) in [6, 6.07) is 1.90. The van der Waals surface area contributed by atoms with Crippen LogP contribution in [0.5, 0.6) is 0 Å². The highest BCUT2D eigenvalue weighted by atomic mass is 16.5. The van der Waals surface area contributed by atoms with Crippen LogP contribution in [0.2, 0.25) is 0 Å². The Morgan fingerprint density at radius 1 is 1.25 bits per heavy atom. The molecule has 0 radical (unpaired) electrons. The zero-order valence-corrected chi connectivity index (χ0v) is 14.8. The molecule has 0 bridgehead atoms. The van der Waals surface area contributed by atoms with Gasteiger partial charge in [-0.15, -0.1) is 0 Å². The molecule has 0 saturated heterocycles. The van der Waals surface area contributed by atoms with Crippen molar-refractivity contribution in [2.45, 2.75) is 77.7 Å². The average Bonchev–Trinajstić information content (AvgIpc) is 3.31. The zero-order valence-electron chi connectivity index (χ0n) is 14.8. The van der Waals surface area contributed by atoms with E-state index in [9.17, 15) is 9.59 Å². The van der Waals surface area contributed by atoms with Crippen LogP contribution in [0.15, 0.2) is 10.6 Å². The first-order valence-corrected chi connectivity index (χ1v) is 9.12. The molecule has 1 aliphatic rings. The van der Waals surface area contributed by atoms with Crippen molar-refractivity contribution < 1.29 is 14.1 Å². The summed E-state index contributed by atoms with van der Waals surface area (Å²) in [5.74, 6) is 0.922. The third-order valence-electron chi connectivity index (χ3n) is 4.26. The number of aryl methyl sites for hydroxylation is 1.